The Morgan fingerprint density at radius 3 is 2.47 bits per heavy atom. The zero-order chi connectivity index (χ0) is 13.8. The molecule has 0 radical (unpaired) electrons. The molecule has 0 aliphatic carbocycles. The van der Waals surface area contributed by atoms with Crippen molar-refractivity contribution in [2.45, 2.75) is 19.4 Å². The summed E-state index contributed by atoms with van der Waals surface area (Å²) in [5, 5.41) is 8.79. The molecule has 0 saturated heterocycles. The highest BCUT2D eigenvalue weighted by molar-refractivity contribution is 6.34. The van der Waals surface area contributed by atoms with E-state index >= 15 is 0 Å². The third-order valence-electron chi connectivity index (χ3n) is 2.93. The maximum atomic E-state index is 6.06. The molecule has 0 fully saturated rings. The van der Waals surface area contributed by atoms with Crippen molar-refractivity contribution in [2.75, 3.05) is 6.54 Å². The van der Waals surface area contributed by atoms with Crippen molar-refractivity contribution < 1.29 is 0 Å². The second-order valence-corrected chi connectivity index (χ2v) is 5.19. The van der Waals surface area contributed by atoms with E-state index in [4.69, 9.17) is 23.2 Å². The van der Waals surface area contributed by atoms with Crippen molar-refractivity contribution in [2.24, 2.45) is 7.05 Å². The molecule has 102 valence electrons. The number of hydrogen-bond donors (Lipinski definition) is 1. The van der Waals surface area contributed by atoms with Gasteiger partial charge in [-0.15, -0.1) is 0 Å². The molecule has 1 unspecified atom stereocenters. The summed E-state index contributed by atoms with van der Waals surface area (Å²) >= 11 is 12.1. The van der Waals surface area contributed by atoms with Crippen LogP contribution in [0.25, 0.3) is 0 Å². The van der Waals surface area contributed by atoms with E-state index in [-0.39, 0.29) is 6.04 Å². The molecule has 1 atom stereocenters. The Hall–Kier alpha value is -1.10. The number of halogens is 2. The predicted molar refractivity (Wildman–Crippen MR) is 77.6 cm³/mol. The number of rotatable bonds is 5. The number of aromatic nitrogens is 3. The van der Waals surface area contributed by atoms with Gasteiger partial charge in [-0.3, -0.25) is 4.68 Å². The molecule has 6 heteroatoms. The molecule has 0 amide bonds. The molecule has 0 aliphatic heterocycles. The van der Waals surface area contributed by atoms with E-state index in [1.54, 1.807) is 17.1 Å². The number of nitrogens with one attached hydrogen (secondary N) is 1. The average molecular weight is 299 g/mol. The fourth-order valence-electron chi connectivity index (χ4n) is 2.02. The molecular formula is C13H16Cl2N4. The van der Waals surface area contributed by atoms with Crippen molar-refractivity contribution in [3.63, 3.8) is 0 Å². The Morgan fingerprint density at radius 1 is 1.26 bits per heavy atom. The summed E-state index contributed by atoms with van der Waals surface area (Å²) < 4.78 is 1.77. The minimum absolute atomic E-state index is 0.115. The highest BCUT2D eigenvalue weighted by atomic mass is 35.5. The van der Waals surface area contributed by atoms with Gasteiger partial charge in [0, 0.05) is 29.6 Å². The standard InChI is InChI=1S/C13H16Cl2N4/c1-3-16-12(7-13-17-8-18-19(13)2)9-4-10(14)6-11(15)5-9/h4-6,8,12,16H,3,7H2,1-2H3. The number of likely N-dealkylation sites (N-methyl/N-ethyl adjacent to an activating group) is 1. The summed E-state index contributed by atoms with van der Waals surface area (Å²) in [7, 11) is 1.89. The van der Waals surface area contributed by atoms with Gasteiger partial charge in [0.15, 0.2) is 0 Å². The smallest absolute Gasteiger partial charge is 0.138 e. The van der Waals surface area contributed by atoms with Crippen molar-refractivity contribution in [1.29, 1.82) is 0 Å². The van der Waals surface area contributed by atoms with Gasteiger partial charge in [0.1, 0.15) is 12.2 Å². The molecule has 19 heavy (non-hydrogen) atoms. The van der Waals surface area contributed by atoms with E-state index < -0.39 is 0 Å². The lowest BCUT2D eigenvalue weighted by molar-refractivity contribution is 0.522. The van der Waals surface area contributed by atoms with Crippen LogP contribution in [0.15, 0.2) is 24.5 Å². The van der Waals surface area contributed by atoms with Crippen LogP contribution in [0.3, 0.4) is 0 Å². The van der Waals surface area contributed by atoms with Gasteiger partial charge in [-0.1, -0.05) is 30.1 Å². The first-order valence-electron chi connectivity index (χ1n) is 6.12. The van der Waals surface area contributed by atoms with E-state index in [9.17, 15) is 0 Å². The number of nitrogens with zero attached hydrogens (tertiary/aromatic N) is 3. The first kappa shape index (κ1) is 14.3. The maximum absolute atomic E-state index is 6.06. The largest absolute Gasteiger partial charge is 0.310 e. The van der Waals surface area contributed by atoms with E-state index in [0.29, 0.717) is 10.0 Å². The monoisotopic (exact) mass is 298 g/mol. The van der Waals surface area contributed by atoms with Gasteiger partial charge < -0.3 is 5.32 Å². The van der Waals surface area contributed by atoms with Gasteiger partial charge in [-0.2, -0.15) is 5.10 Å². The lowest BCUT2D eigenvalue weighted by Crippen LogP contribution is -2.24. The van der Waals surface area contributed by atoms with Gasteiger partial charge in [0.05, 0.1) is 0 Å². The van der Waals surface area contributed by atoms with Crippen LogP contribution in [0.5, 0.6) is 0 Å². The summed E-state index contributed by atoms with van der Waals surface area (Å²) in [6.07, 6.45) is 2.30. The predicted octanol–water partition coefficient (Wildman–Crippen LogP) is 3.02. The molecule has 1 heterocycles. The molecule has 2 rings (SSSR count). The Bertz CT molecular complexity index is 533. The fraction of sp³-hybridized carbons (Fsp3) is 0.385. The maximum Gasteiger partial charge on any atom is 0.138 e. The zero-order valence-corrected chi connectivity index (χ0v) is 12.4. The molecule has 1 N–H and O–H groups in total. The molecule has 1 aromatic heterocycles. The Labute approximate surface area is 122 Å². The zero-order valence-electron chi connectivity index (χ0n) is 10.9. The highest BCUT2D eigenvalue weighted by Gasteiger charge is 2.15. The van der Waals surface area contributed by atoms with Crippen molar-refractivity contribution in [1.82, 2.24) is 20.1 Å². The van der Waals surface area contributed by atoms with Crippen molar-refractivity contribution in [3.8, 4) is 0 Å². The minimum Gasteiger partial charge on any atom is -0.310 e. The molecule has 0 saturated carbocycles. The molecule has 0 spiro atoms. The van der Waals surface area contributed by atoms with Gasteiger partial charge in [-0.05, 0) is 30.3 Å². The highest BCUT2D eigenvalue weighted by Crippen LogP contribution is 2.25. The van der Waals surface area contributed by atoms with Crippen LogP contribution in [0.1, 0.15) is 24.4 Å². The van der Waals surface area contributed by atoms with E-state index in [1.165, 1.54) is 0 Å². The summed E-state index contributed by atoms with van der Waals surface area (Å²) in [5.41, 5.74) is 1.06. The SMILES string of the molecule is CCNC(Cc1ncnn1C)c1cc(Cl)cc(Cl)c1. The van der Waals surface area contributed by atoms with Crippen LogP contribution in [-0.4, -0.2) is 21.3 Å². The van der Waals surface area contributed by atoms with Crippen LogP contribution in [0, 0.1) is 0 Å². The van der Waals surface area contributed by atoms with Gasteiger partial charge in [0.2, 0.25) is 0 Å². The first-order chi connectivity index (χ1) is 9.10. The van der Waals surface area contributed by atoms with Crippen LogP contribution in [0.2, 0.25) is 10.0 Å². The number of benzene rings is 1. The molecule has 1 aromatic carbocycles. The van der Waals surface area contributed by atoms with E-state index in [1.807, 2.05) is 19.2 Å². The Kier molecular flexibility index (Phi) is 4.80. The summed E-state index contributed by atoms with van der Waals surface area (Å²) in [5.74, 6) is 0.919. The van der Waals surface area contributed by atoms with E-state index in [0.717, 1.165) is 24.4 Å². The quantitative estimate of drug-likeness (QED) is 0.923. The first-order valence-corrected chi connectivity index (χ1v) is 6.88. The van der Waals surface area contributed by atoms with Crippen LogP contribution in [-0.2, 0) is 13.5 Å². The third-order valence-corrected chi connectivity index (χ3v) is 3.37. The van der Waals surface area contributed by atoms with Crippen molar-refractivity contribution >= 4 is 23.2 Å². The topological polar surface area (TPSA) is 42.7 Å². The fourth-order valence-corrected chi connectivity index (χ4v) is 2.56. The summed E-state index contributed by atoms with van der Waals surface area (Å²) in [4.78, 5) is 4.25. The summed E-state index contributed by atoms with van der Waals surface area (Å²) in [6, 6.07) is 5.70. The van der Waals surface area contributed by atoms with Crippen LogP contribution in [0.4, 0.5) is 0 Å². The number of aryl methyl sites for hydroxylation is 1. The third kappa shape index (κ3) is 3.69. The van der Waals surface area contributed by atoms with Crippen LogP contribution >= 0.6 is 23.2 Å². The minimum atomic E-state index is 0.115. The van der Waals surface area contributed by atoms with Crippen LogP contribution < -0.4 is 5.32 Å². The van der Waals surface area contributed by atoms with Gasteiger partial charge in [-0.25, -0.2) is 4.98 Å². The molecule has 2 aromatic rings. The molecule has 0 aliphatic rings. The normalized spacial score (nSPS) is 12.6. The Balaban J connectivity index is 2.26. The number of hydrogen-bond acceptors (Lipinski definition) is 3. The lowest BCUT2D eigenvalue weighted by atomic mass is 10.0. The average Bonchev–Trinajstić information content (AvgIpc) is 2.73. The second-order valence-electron chi connectivity index (χ2n) is 4.32. The molecular weight excluding hydrogens is 283 g/mol. The van der Waals surface area contributed by atoms with Gasteiger partial charge >= 0.3 is 0 Å². The Morgan fingerprint density at radius 2 is 1.95 bits per heavy atom. The van der Waals surface area contributed by atoms with Gasteiger partial charge in [0.25, 0.3) is 0 Å². The van der Waals surface area contributed by atoms with Crippen molar-refractivity contribution in [3.05, 3.63) is 46.0 Å². The summed E-state index contributed by atoms with van der Waals surface area (Å²) in [6.45, 7) is 2.92. The molecule has 0 bridgehead atoms. The second kappa shape index (κ2) is 6.37. The molecule has 4 nitrogen and oxygen atoms in total. The lowest BCUT2D eigenvalue weighted by Gasteiger charge is -2.18. The van der Waals surface area contributed by atoms with E-state index in [2.05, 4.69) is 22.3 Å².